The van der Waals surface area contributed by atoms with Crippen LogP contribution in [0.1, 0.15) is 103 Å². The van der Waals surface area contributed by atoms with E-state index in [0.29, 0.717) is 44.1 Å². The molecule has 5 aliphatic carbocycles. The van der Waals surface area contributed by atoms with Crippen molar-refractivity contribution in [1.29, 1.82) is 0 Å². The lowest BCUT2D eigenvalue weighted by Gasteiger charge is -2.72. The van der Waals surface area contributed by atoms with Gasteiger partial charge in [0.15, 0.2) is 12.6 Å². The highest BCUT2D eigenvalue weighted by molar-refractivity contribution is 5.89. The molecule has 1 aromatic rings. The minimum Gasteiger partial charge on any atom is -0.458 e. The summed E-state index contributed by atoms with van der Waals surface area (Å²) in [7, 11) is 0. The number of carbonyl (C=O) groups is 1. The van der Waals surface area contributed by atoms with E-state index in [-0.39, 0.29) is 41.8 Å². The lowest BCUT2D eigenvalue weighted by molar-refractivity contribution is -0.379. The summed E-state index contributed by atoms with van der Waals surface area (Å²) >= 11 is 0. The van der Waals surface area contributed by atoms with Gasteiger partial charge in [0.1, 0.15) is 54.9 Å². The van der Waals surface area contributed by atoms with Crippen LogP contribution in [0.4, 0.5) is 0 Å². The molecule has 65 heavy (non-hydrogen) atoms. The average molecular weight is 919 g/mol. The van der Waals surface area contributed by atoms with Gasteiger partial charge in [-0.3, -0.25) is 0 Å². The first-order chi connectivity index (χ1) is 30.6. The SMILES string of the molecule is CC1(C)CC2C3=CCC4C5(C)CCC(OC6OC(CO)C(O)C(O)C6OC6OC(CO)C(O)C(O)C6O)C(C)(CO)C5CCC4(C)C3(C)CC(OC(=O)c3ccccc3)C2(CO)CC1O. The minimum atomic E-state index is -1.82. The van der Waals surface area contributed by atoms with Gasteiger partial charge in [-0.05, 0) is 103 Å². The van der Waals surface area contributed by atoms with Crippen LogP contribution in [0.5, 0.6) is 0 Å². The molecule has 8 rings (SSSR count). The highest BCUT2D eigenvalue weighted by Crippen LogP contribution is 2.76. The van der Waals surface area contributed by atoms with E-state index in [1.54, 1.807) is 24.3 Å². The van der Waals surface area contributed by atoms with Crippen molar-refractivity contribution in [2.75, 3.05) is 26.4 Å². The van der Waals surface area contributed by atoms with Crippen molar-refractivity contribution in [2.24, 2.45) is 50.2 Å². The Labute approximate surface area is 381 Å². The predicted molar refractivity (Wildman–Crippen MR) is 231 cm³/mol. The minimum absolute atomic E-state index is 0.0940. The third kappa shape index (κ3) is 7.60. The van der Waals surface area contributed by atoms with E-state index in [4.69, 9.17) is 23.7 Å². The number of hydrogen-bond acceptors (Lipinski definition) is 16. The van der Waals surface area contributed by atoms with Gasteiger partial charge in [0, 0.05) is 10.8 Å². The molecule has 2 saturated heterocycles. The van der Waals surface area contributed by atoms with Crippen LogP contribution in [-0.2, 0) is 23.7 Å². The van der Waals surface area contributed by atoms with Crippen LogP contribution >= 0.6 is 0 Å². The van der Waals surface area contributed by atoms with Gasteiger partial charge >= 0.3 is 5.97 Å². The number of fused-ring (bicyclic) bond motifs is 7. The number of aliphatic hydroxyl groups excluding tert-OH is 10. The molecule has 0 radical (unpaired) electrons. The Hall–Kier alpha value is -2.13. The normalized spacial score (nSPS) is 50.5. The molecule has 7 aliphatic rings. The Morgan fingerprint density at radius 2 is 1.34 bits per heavy atom. The zero-order valence-corrected chi connectivity index (χ0v) is 38.6. The van der Waals surface area contributed by atoms with Gasteiger partial charge in [0.05, 0.1) is 44.2 Å². The molecular formula is C49H74O16. The summed E-state index contributed by atoms with van der Waals surface area (Å²) in [5.41, 5.74) is -1.68. The van der Waals surface area contributed by atoms with Crippen molar-refractivity contribution in [2.45, 2.75) is 173 Å². The number of rotatable bonds is 10. The highest BCUT2D eigenvalue weighted by atomic mass is 16.8. The van der Waals surface area contributed by atoms with Crippen LogP contribution < -0.4 is 0 Å². The Bertz CT molecular complexity index is 1900. The molecule has 6 fully saturated rings. The number of carbonyl (C=O) groups excluding carboxylic acids is 1. The summed E-state index contributed by atoms with van der Waals surface area (Å²) in [6.45, 7) is 11.2. The smallest absolute Gasteiger partial charge is 0.338 e. The van der Waals surface area contributed by atoms with Gasteiger partial charge in [0.2, 0.25) is 0 Å². The van der Waals surface area contributed by atoms with Gasteiger partial charge in [-0.25, -0.2) is 4.79 Å². The van der Waals surface area contributed by atoms with E-state index in [0.717, 1.165) is 12.8 Å². The first-order valence-corrected chi connectivity index (χ1v) is 23.7. The summed E-state index contributed by atoms with van der Waals surface area (Å²) in [5.74, 6) is -0.604. The molecule has 0 spiro atoms. The summed E-state index contributed by atoms with van der Waals surface area (Å²) in [5, 5.41) is 109. The quantitative estimate of drug-likeness (QED) is 0.0907. The maximum atomic E-state index is 13.9. The molecule has 16 heteroatoms. The molecule has 366 valence electrons. The van der Waals surface area contributed by atoms with Gasteiger partial charge in [-0.2, -0.15) is 0 Å². The molecule has 2 heterocycles. The second kappa shape index (κ2) is 17.7. The first kappa shape index (κ1) is 49.3. The van der Waals surface area contributed by atoms with Crippen LogP contribution in [0.25, 0.3) is 0 Å². The Kier molecular flexibility index (Phi) is 13.4. The zero-order chi connectivity index (χ0) is 47.2. The predicted octanol–water partition coefficient (Wildman–Crippen LogP) is 1.57. The Balaban J connectivity index is 1.10. The molecule has 0 bridgehead atoms. The fraction of sp³-hybridized carbons (Fsp3) is 0.816. The number of aliphatic hydroxyl groups is 10. The Morgan fingerprint density at radius 1 is 0.692 bits per heavy atom. The second-order valence-corrected chi connectivity index (χ2v) is 22.4. The van der Waals surface area contributed by atoms with Gasteiger partial charge < -0.3 is 74.7 Å². The molecule has 21 unspecified atom stereocenters. The van der Waals surface area contributed by atoms with Crippen molar-refractivity contribution in [3.05, 3.63) is 47.5 Å². The van der Waals surface area contributed by atoms with E-state index in [1.165, 1.54) is 5.57 Å². The van der Waals surface area contributed by atoms with Crippen molar-refractivity contribution >= 4 is 5.97 Å². The summed E-state index contributed by atoms with van der Waals surface area (Å²) in [4.78, 5) is 13.9. The molecular weight excluding hydrogens is 845 g/mol. The fourth-order valence-electron chi connectivity index (χ4n) is 14.7. The van der Waals surface area contributed by atoms with E-state index in [9.17, 15) is 55.9 Å². The van der Waals surface area contributed by atoms with Crippen molar-refractivity contribution in [3.63, 3.8) is 0 Å². The topological polar surface area (TPSA) is 266 Å². The average Bonchev–Trinajstić information content (AvgIpc) is 3.28. The number of benzene rings is 1. The standard InChI is InChI=1S/C49H74O16/c1-44(2)18-27-26-12-13-31-45(3)16-15-33(64-43-40(38(58)36(56)29(22-51)62-43)65-42-39(59)37(57)35(55)28(21-50)61-42)46(4,23-52)30(45)14-17-47(31,5)48(26,6)20-34(49(27,24-53)19-32(44)54)63-41(60)25-10-8-7-9-11-25/h7-12,27-40,42-43,50-59H,13-24H2,1-6H3. The number of esters is 1. The van der Waals surface area contributed by atoms with Crippen LogP contribution in [0.15, 0.2) is 42.0 Å². The highest BCUT2D eigenvalue weighted by Gasteiger charge is 2.72. The maximum Gasteiger partial charge on any atom is 0.338 e. The molecule has 0 aromatic heterocycles. The second-order valence-electron chi connectivity index (χ2n) is 22.4. The molecule has 16 nitrogen and oxygen atoms in total. The third-order valence-electron chi connectivity index (χ3n) is 18.9. The summed E-state index contributed by atoms with van der Waals surface area (Å²) in [6.07, 6.45) is -10.9. The van der Waals surface area contributed by atoms with Crippen LogP contribution in [-0.4, -0.2) is 163 Å². The zero-order valence-electron chi connectivity index (χ0n) is 38.6. The lowest BCUT2D eigenvalue weighted by atomic mass is 9.33. The third-order valence-corrected chi connectivity index (χ3v) is 18.9. The van der Waals surface area contributed by atoms with Gasteiger partial charge in [-0.15, -0.1) is 0 Å². The maximum absolute atomic E-state index is 13.9. The largest absolute Gasteiger partial charge is 0.458 e. The van der Waals surface area contributed by atoms with Crippen molar-refractivity contribution < 1.29 is 79.5 Å². The summed E-state index contributed by atoms with van der Waals surface area (Å²) in [6, 6.07) is 8.88. The molecule has 4 saturated carbocycles. The molecule has 1 aromatic carbocycles. The molecule has 2 aliphatic heterocycles. The van der Waals surface area contributed by atoms with E-state index in [2.05, 4.69) is 40.7 Å². The number of hydrogen-bond donors (Lipinski definition) is 10. The van der Waals surface area contributed by atoms with Gasteiger partial charge in [-0.1, -0.05) is 71.4 Å². The van der Waals surface area contributed by atoms with Crippen LogP contribution in [0.2, 0.25) is 0 Å². The van der Waals surface area contributed by atoms with Crippen LogP contribution in [0.3, 0.4) is 0 Å². The molecule has 0 amide bonds. The Morgan fingerprint density at radius 3 is 1.97 bits per heavy atom. The lowest BCUT2D eigenvalue weighted by Crippen LogP contribution is -2.69. The van der Waals surface area contributed by atoms with Crippen molar-refractivity contribution in [1.82, 2.24) is 0 Å². The van der Waals surface area contributed by atoms with Crippen LogP contribution in [0, 0.1) is 50.2 Å². The van der Waals surface area contributed by atoms with E-state index in [1.807, 2.05) is 13.0 Å². The number of ether oxygens (including phenoxy) is 5. The molecule has 21 atom stereocenters. The number of allylic oxidation sites excluding steroid dienone is 2. The monoisotopic (exact) mass is 918 g/mol. The van der Waals surface area contributed by atoms with E-state index >= 15 is 0 Å². The first-order valence-electron chi connectivity index (χ1n) is 23.7. The fourth-order valence-corrected chi connectivity index (χ4v) is 14.7. The molecule has 10 N–H and O–H groups in total. The summed E-state index contributed by atoms with van der Waals surface area (Å²) < 4.78 is 31.0. The van der Waals surface area contributed by atoms with E-state index < -0.39 is 121 Å². The van der Waals surface area contributed by atoms with Gasteiger partial charge in [0.25, 0.3) is 0 Å². The van der Waals surface area contributed by atoms with Crippen molar-refractivity contribution in [3.8, 4) is 0 Å².